The van der Waals surface area contributed by atoms with Crippen molar-refractivity contribution in [3.05, 3.63) is 86.4 Å². The molecule has 160 valence electrons. The molecular weight excluding hydrogens is 435 g/mol. The lowest BCUT2D eigenvalue weighted by atomic mass is 10.1. The summed E-state index contributed by atoms with van der Waals surface area (Å²) < 4.78 is 16.4. The molecule has 3 heterocycles. The van der Waals surface area contributed by atoms with Gasteiger partial charge in [0, 0.05) is 12.1 Å². The van der Waals surface area contributed by atoms with Crippen LogP contribution in [-0.2, 0) is 6.54 Å². The van der Waals surface area contributed by atoms with Crippen LogP contribution in [0.3, 0.4) is 0 Å². The predicted molar refractivity (Wildman–Crippen MR) is 119 cm³/mol. The first-order chi connectivity index (χ1) is 15.3. The standard InChI is InChI=1S/C23H16ClFN4O3/c1-12-18(20(24)29(27-12)16-5-3-15(25)4-6-16)10-13-8-9-28-21(13)26-19-11-14(23(31)32)2-7-17(19)22(28)30/h2-7,10-11H,8-9H2,1H3,(H,31,32)/b13-10-. The van der Waals surface area contributed by atoms with Gasteiger partial charge in [-0.25, -0.2) is 18.9 Å². The Morgan fingerprint density at radius 1 is 1.22 bits per heavy atom. The van der Waals surface area contributed by atoms with E-state index >= 15 is 0 Å². The number of allylic oxidation sites excluding steroid dienone is 1. The van der Waals surface area contributed by atoms with E-state index in [9.17, 15) is 19.1 Å². The topological polar surface area (TPSA) is 90.0 Å². The molecule has 1 N–H and O–H groups in total. The number of halogens is 2. The number of fused-ring (bicyclic) bond motifs is 2. The van der Waals surface area contributed by atoms with Crippen LogP contribution in [0.15, 0.2) is 47.3 Å². The van der Waals surface area contributed by atoms with E-state index in [1.807, 2.05) is 13.0 Å². The van der Waals surface area contributed by atoms with Gasteiger partial charge in [-0.1, -0.05) is 11.6 Å². The quantitative estimate of drug-likeness (QED) is 0.502. The monoisotopic (exact) mass is 450 g/mol. The number of hydrogen-bond donors (Lipinski definition) is 1. The molecule has 7 nitrogen and oxygen atoms in total. The van der Waals surface area contributed by atoms with Gasteiger partial charge >= 0.3 is 5.97 Å². The molecule has 0 unspecified atom stereocenters. The molecule has 0 amide bonds. The summed E-state index contributed by atoms with van der Waals surface area (Å²) in [6.07, 6.45) is 2.42. The van der Waals surface area contributed by atoms with Crippen molar-refractivity contribution in [3.63, 3.8) is 0 Å². The molecule has 0 atom stereocenters. The van der Waals surface area contributed by atoms with E-state index < -0.39 is 5.97 Å². The first kappa shape index (κ1) is 20.1. The fraction of sp³-hybridized carbons (Fsp3) is 0.130. The van der Waals surface area contributed by atoms with Crippen LogP contribution in [-0.4, -0.2) is 30.4 Å². The number of aromatic nitrogens is 4. The van der Waals surface area contributed by atoms with Gasteiger partial charge in [0.25, 0.3) is 5.56 Å². The summed E-state index contributed by atoms with van der Waals surface area (Å²) in [5.74, 6) is -0.954. The number of hydrogen-bond acceptors (Lipinski definition) is 4. The summed E-state index contributed by atoms with van der Waals surface area (Å²) in [5, 5.41) is 14.5. The smallest absolute Gasteiger partial charge is 0.335 e. The lowest BCUT2D eigenvalue weighted by molar-refractivity contribution is 0.0697. The fourth-order valence-corrected chi connectivity index (χ4v) is 4.22. The number of aryl methyl sites for hydroxylation is 1. The van der Waals surface area contributed by atoms with Crippen LogP contribution in [0.4, 0.5) is 4.39 Å². The van der Waals surface area contributed by atoms with Gasteiger partial charge in [0.05, 0.1) is 27.8 Å². The van der Waals surface area contributed by atoms with Crippen LogP contribution in [0.5, 0.6) is 0 Å². The average Bonchev–Trinajstić information content (AvgIpc) is 3.30. The number of rotatable bonds is 3. The SMILES string of the molecule is Cc1nn(-c2ccc(F)cc2)c(Cl)c1/C=C1/CCn2c1nc1cc(C(=O)O)ccc1c2=O. The molecule has 1 aliphatic rings. The van der Waals surface area contributed by atoms with Gasteiger partial charge < -0.3 is 5.11 Å². The van der Waals surface area contributed by atoms with Gasteiger partial charge in [-0.3, -0.25) is 9.36 Å². The Hall–Kier alpha value is -3.78. The minimum absolute atomic E-state index is 0.0670. The van der Waals surface area contributed by atoms with Crippen LogP contribution >= 0.6 is 11.6 Å². The molecule has 0 spiro atoms. The van der Waals surface area contributed by atoms with Gasteiger partial charge in [-0.2, -0.15) is 5.10 Å². The third-order valence-corrected chi connectivity index (χ3v) is 5.90. The molecular formula is C23H16ClFN4O3. The molecule has 4 aromatic rings. The highest BCUT2D eigenvalue weighted by atomic mass is 35.5. The van der Waals surface area contributed by atoms with Crippen molar-refractivity contribution in [3.8, 4) is 5.69 Å². The number of aromatic carboxylic acids is 1. The molecule has 1 aliphatic heterocycles. The highest BCUT2D eigenvalue weighted by molar-refractivity contribution is 6.31. The average molecular weight is 451 g/mol. The molecule has 2 aromatic carbocycles. The van der Waals surface area contributed by atoms with E-state index in [2.05, 4.69) is 10.1 Å². The van der Waals surface area contributed by atoms with Gasteiger partial charge in [0.15, 0.2) is 0 Å². The number of carboxylic acids is 1. The maximum atomic E-state index is 13.3. The van der Waals surface area contributed by atoms with Crippen molar-refractivity contribution >= 4 is 40.1 Å². The van der Waals surface area contributed by atoms with E-state index in [1.54, 1.807) is 16.7 Å². The number of benzene rings is 2. The van der Waals surface area contributed by atoms with Crippen molar-refractivity contribution in [1.29, 1.82) is 0 Å². The van der Waals surface area contributed by atoms with E-state index in [4.69, 9.17) is 11.6 Å². The summed E-state index contributed by atoms with van der Waals surface area (Å²) in [5.41, 5.74) is 2.95. The normalized spacial score (nSPS) is 14.3. The van der Waals surface area contributed by atoms with Crippen molar-refractivity contribution in [2.45, 2.75) is 19.9 Å². The van der Waals surface area contributed by atoms with Crippen molar-refractivity contribution in [1.82, 2.24) is 19.3 Å². The van der Waals surface area contributed by atoms with Gasteiger partial charge in [-0.05, 0) is 67.5 Å². The summed E-state index contributed by atoms with van der Waals surface area (Å²) in [6.45, 7) is 2.28. The molecule has 0 radical (unpaired) electrons. The zero-order chi connectivity index (χ0) is 22.6. The minimum atomic E-state index is -1.08. The summed E-state index contributed by atoms with van der Waals surface area (Å²) in [6, 6.07) is 10.1. The second-order valence-corrected chi connectivity index (χ2v) is 7.88. The van der Waals surface area contributed by atoms with Gasteiger partial charge in [0.2, 0.25) is 0 Å². The third kappa shape index (κ3) is 3.20. The number of nitrogens with zero attached hydrogens (tertiary/aromatic N) is 4. The molecule has 0 fully saturated rings. The summed E-state index contributed by atoms with van der Waals surface area (Å²) in [7, 11) is 0. The lowest BCUT2D eigenvalue weighted by Crippen LogP contribution is -2.21. The maximum absolute atomic E-state index is 13.3. The molecule has 0 saturated heterocycles. The minimum Gasteiger partial charge on any atom is -0.478 e. The first-order valence-corrected chi connectivity index (χ1v) is 10.2. The van der Waals surface area contributed by atoms with E-state index in [-0.39, 0.29) is 16.9 Å². The Balaban J connectivity index is 1.63. The fourth-order valence-electron chi connectivity index (χ4n) is 3.89. The molecule has 2 aromatic heterocycles. The van der Waals surface area contributed by atoms with E-state index in [0.717, 1.165) is 5.57 Å². The van der Waals surface area contributed by atoms with Crippen LogP contribution in [0.1, 0.15) is 33.9 Å². The number of carbonyl (C=O) groups is 1. The number of carboxylic acid groups (broad SMARTS) is 1. The maximum Gasteiger partial charge on any atom is 0.335 e. The molecule has 5 rings (SSSR count). The van der Waals surface area contributed by atoms with E-state index in [0.29, 0.717) is 51.8 Å². The van der Waals surface area contributed by atoms with Crippen LogP contribution in [0, 0.1) is 12.7 Å². The highest BCUT2D eigenvalue weighted by Gasteiger charge is 2.23. The van der Waals surface area contributed by atoms with Crippen molar-refractivity contribution in [2.24, 2.45) is 0 Å². The molecule has 0 bridgehead atoms. The zero-order valence-electron chi connectivity index (χ0n) is 16.8. The Labute approximate surface area is 186 Å². The summed E-state index contributed by atoms with van der Waals surface area (Å²) >= 11 is 6.60. The Bertz CT molecular complexity index is 1500. The second-order valence-electron chi connectivity index (χ2n) is 7.53. The highest BCUT2D eigenvalue weighted by Crippen LogP contribution is 2.32. The molecule has 9 heteroatoms. The second kappa shape index (κ2) is 7.42. The Morgan fingerprint density at radius 2 is 1.97 bits per heavy atom. The third-order valence-electron chi connectivity index (χ3n) is 5.53. The van der Waals surface area contributed by atoms with E-state index in [1.165, 1.54) is 35.0 Å². The van der Waals surface area contributed by atoms with Gasteiger partial charge in [-0.15, -0.1) is 0 Å². The van der Waals surface area contributed by atoms with Crippen molar-refractivity contribution in [2.75, 3.05) is 0 Å². The van der Waals surface area contributed by atoms with Gasteiger partial charge in [0.1, 0.15) is 16.8 Å². The predicted octanol–water partition coefficient (Wildman–Crippen LogP) is 4.33. The van der Waals surface area contributed by atoms with Crippen LogP contribution < -0.4 is 5.56 Å². The largest absolute Gasteiger partial charge is 0.478 e. The molecule has 32 heavy (non-hydrogen) atoms. The lowest BCUT2D eigenvalue weighted by Gasteiger charge is -2.06. The Kier molecular flexibility index (Phi) is 4.67. The van der Waals surface area contributed by atoms with Crippen LogP contribution in [0.2, 0.25) is 5.15 Å². The first-order valence-electron chi connectivity index (χ1n) is 9.83. The zero-order valence-corrected chi connectivity index (χ0v) is 17.6. The molecule has 0 aliphatic carbocycles. The Morgan fingerprint density at radius 3 is 2.69 bits per heavy atom. The molecule has 0 saturated carbocycles. The summed E-state index contributed by atoms with van der Waals surface area (Å²) in [4.78, 5) is 28.8. The van der Waals surface area contributed by atoms with Crippen molar-refractivity contribution < 1.29 is 14.3 Å². The van der Waals surface area contributed by atoms with Crippen LogP contribution in [0.25, 0.3) is 28.2 Å².